The summed E-state index contributed by atoms with van der Waals surface area (Å²) in [5.41, 5.74) is 0.163. The smallest absolute Gasteiger partial charge is 0.335 e. The van der Waals surface area contributed by atoms with Crippen molar-refractivity contribution in [2.75, 3.05) is 0 Å². The first-order valence-electron chi connectivity index (χ1n) is 3.61. The van der Waals surface area contributed by atoms with E-state index in [1.165, 1.54) is 31.2 Å². The van der Waals surface area contributed by atoms with Crippen molar-refractivity contribution in [3.63, 3.8) is 0 Å². The Bertz CT molecular complexity index is 331. The van der Waals surface area contributed by atoms with E-state index in [0.717, 1.165) is 0 Å². The van der Waals surface area contributed by atoms with Crippen LogP contribution in [0.1, 0.15) is 17.3 Å². The molecule has 1 N–H and O–H groups in total. The maximum atomic E-state index is 10.5. The molecule has 0 saturated heterocycles. The fourth-order valence-electron chi connectivity index (χ4n) is 0.832. The molecule has 1 rings (SSSR count). The molecule has 0 fully saturated rings. The van der Waals surface area contributed by atoms with Crippen LogP contribution in [0.3, 0.4) is 0 Å². The van der Waals surface area contributed by atoms with Gasteiger partial charge in [0.25, 0.3) is 0 Å². The number of carbonyl (C=O) groups is 2. The summed E-state index contributed by atoms with van der Waals surface area (Å²) in [6.45, 7) is 1.28. The Kier molecular flexibility index (Phi) is 4.66. The van der Waals surface area contributed by atoms with Crippen LogP contribution in [-0.4, -0.2) is 17.0 Å². The molecule has 0 spiro atoms. The molecule has 0 aliphatic heterocycles. The van der Waals surface area contributed by atoms with Crippen LogP contribution in [0.25, 0.3) is 0 Å². The van der Waals surface area contributed by atoms with Gasteiger partial charge in [-0.05, 0) is 24.3 Å². The highest BCUT2D eigenvalue weighted by Crippen LogP contribution is 2.11. The number of carboxylic acid groups (broad SMARTS) is 1. The maximum Gasteiger partial charge on any atom is 0.335 e. The Balaban J connectivity index is 0.00000169. The van der Waals surface area contributed by atoms with Gasteiger partial charge in [0, 0.05) is 6.92 Å². The van der Waals surface area contributed by atoms with Gasteiger partial charge in [-0.3, -0.25) is 4.79 Å². The van der Waals surface area contributed by atoms with E-state index in [1.54, 1.807) is 0 Å². The number of hydrogen-bond acceptors (Lipinski definition) is 3. The number of ether oxygens (including phenoxy) is 1. The standard InChI is InChI=1S/C9H8O4.ClH/c1-6(10)13-8-4-2-7(3-5-8)9(11)12;/h2-5H,1H3,(H,11,12);1H. The highest BCUT2D eigenvalue weighted by molar-refractivity contribution is 5.87. The lowest BCUT2D eigenvalue weighted by atomic mass is 10.2. The van der Waals surface area contributed by atoms with Crippen LogP contribution in [0.5, 0.6) is 5.75 Å². The predicted octanol–water partition coefficient (Wildman–Crippen LogP) is 1.73. The van der Waals surface area contributed by atoms with Gasteiger partial charge in [0.05, 0.1) is 5.56 Å². The van der Waals surface area contributed by atoms with Gasteiger partial charge in [0.15, 0.2) is 0 Å². The molecule has 0 saturated carbocycles. The summed E-state index contributed by atoms with van der Waals surface area (Å²) >= 11 is 0. The van der Waals surface area contributed by atoms with Gasteiger partial charge in [-0.1, -0.05) is 0 Å². The summed E-state index contributed by atoms with van der Waals surface area (Å²) in [5, 5.41) is 8.55. The summed E-state index contributed by atoms with van der Waals surface area (Å²) in [4.78, 5) is 20.9. The molecule has 76 valence electrons. The van der Waals surface area contributed by atoms with Crippen LogP contribution < -0.4 is 4.74 Å². The van der Waals surface area contributed by atoms with Crippen LogP contribution in [0.15, 0.2) is 24.3 Å². The van der Waals surface area contributed by atoms with E-state index in [-0.39, 0.29) is 18.0 Å². The van der Waals surface area contributed by atoms with E-state index < -0.39 is 11.9 Å². The fraction of sp³-hybridized carbons (Fsp3) is 0.111. The number of esters is 1. The number of halogens is 1. The first-order chi connectivity index (χ1) is 6.09. The first-order valence-corrected chi connectivity index (χ1v) is 3.61. The SMILES string of the molecule is CC(=O)Oc1ccc(C(=O)O)cc1.Cl. The van der Waals surface area contributed by atoms with E-state index in [0.29, 0.717) is 5.75 Å². The zero-order valence-electron chi connectivity index (χ0n) is 7.39. The average Bonchev–Trinajstić information content (AvgIpc) is 2.04. The topological polar surface area (TPSA) is 63.6 Å². The Hall–Kier alpha value is -1.55. The number of carbonyl (C=O) groups excluding carboxylic acids is 1. The van der Waals surface area contributed by atoms with Gasteiger partial charge in [-0.25, -0.2) is 4.79 Å². The van der Waals surface area contributed by atoms with Crippen molar-refractivity contribution in [3.8, 4) is 5.75 Å². The van der Waals surface area contributed by atoms with Crippen molar-refractivity contribution >= 4 is 24.3 Å². The minimum absolute atomic E-state index is 0. The van der Waals surface area contributed by atoms with Crippen molar-refractivity contribution in [2.24, 2.45) is 0 Å². The molecule has 0 heterocycles. The lowest BCUT2D eigenvalue weighted by Crippen LogP contribution is -2.02. The number of benzene rings is 1. The Morgan fingerprint density at radius 1 is 1.21 bits per heavy atom. The molecule has 0 atom stereocenters. The molecular weight excluding hydrogens is 208 g/mol. The van der Waals surface area contributed by atoms with Crippen LogP contribution in [0.2, 0.25) is 0 Å². The van der Waals surface area contributed by atoms with Gasteiger partial charge in [-0.2, -0.15) is 0 Å². The summed E-state index contributed by atoms with van der Waals surface area (Å²) in [6, 6.07) is 5.62. The molecule has 5 heteroatoms. The molecule has 0 aliphatic carbocycles. The summed E-state index contributed by atoms with van der Waals surface area (Å²) < 4.78 is 4.72. The molecule has 0 amide bonds. The first kappa shape index (κ1) is 12.4. The van der Waals surface area contributed by atoms with Crippen molar-refractivity contribution in [1.82, 2.24) is 0 Å². The number of carboxylic acids is 1. The third-order valence-corrected chi connectivity index (χ3v) is 1.36. The Morgan fingerprint density at radius 2 is 1.71 bits per heavy atom. The molecular formula is C9H9ClO4. The quantitative estimate of drug-likeness (QED) is 0.604. The van der Waals surface area contributed by atoms with Crippen LogP contribution in [0, 0.1) is 0 Å². The predicted molar refractivity (Wildman–Crippen MR) is 52.0 cm³/mol. The molecule has 0 bridgehead atoms. The van der Waals surface area contributed by atoms with E-state index >= 15 is 0 Å². The zero-order valence-corrected chi connectivity index (χ0v) is 8.21. The maximum absolute atomic E-state index is 10.5. The van der Waals surface area contributed by atoms with Gasteiger partial charge in [0.2, 0.25) is 0 Å². The van der Waals surface area contributed by atoms with E-state index in [9.17, 15) is 9.59 Å². The van der Waals surface area contributed by atoms with Crippen molar-refractivity contribution in [2.45, 2.75) is 6.92 Å². The third-order valence-electron chi connectivity index (χ3n) is 1.36. The molecule has 0 aliphatic rings. The Labute approximate surface area is 86.9 Å². The Morgan fingerprint density at radius 3 is 2.07 bits per heavy atom. The van der Waals surface area contributed by atoms with Gasteiger partial charge >= 0.3 is 11.9 Å². The lowest BCUT2D eigenvalue weighted by molar-refractivity contribution is -0.131. The molecule has 0 radical (unpaired) electrons. The minimum atomic E-state index is -1.01. The van der Waals surface area contributed by atoms with Gasteiger partial charge in [0.1, 0.15) is 5.75 Å². The lowest BCUT2D eigenvalue weighted by Gasteiger charge is -2.00. The summed E-state index contributed by atoms with van der Waals surface area (Å²) in [7, 11) is 0. The van der Waals surface area contributed by atoms with E-state index in [4.69, 9.17) is 9.84 Å². The zero-order chi connectivity index (χ0) is 9.84. The van der Waals surface area contributed by atoms with Crippen molar-refractivity contribution in [3.05, 3.63) is 29.8 Å². The molecule has 1 aromatic rings. The summed E-state index contributed by atoms with van der Waals surface area (Å²) in [6.07, 6.45) is 0. The highest BCUT2D eigenvalue weighted by atomic mass is 35.5. The molecule has 1 aromatic carbocycles. The average molecular weight is 217 g/mol. The minimum Gasteiger partial charge on any atom is -0.478 e. The number of rotatable bonds is 2. The molecule has 14 heavy (non-hydrogen) atoms. The van der Waals surface area contributed by atoms with Crippen LogP contribution in [0.4, 0.5) is 0 Å². The summed E-state index contributed by atoms with van der Waals surface area (Å²) in [5.74, 6) is -1.09. The van der Waals surface area contributed by atoms with E-state index in [1.807, 2.05) is 0 Å². The monoisotopic (exact) mass is 216 g/mol. The molecule has 0 aromatic heterocycles. The molecule has 4 nitrogen and oxygen atoms in total. The van der Waals surface area contributed by atoms with Crippen molar-refractivity contribution < 1.29 is 19.4 Å². The van der Waals surface area contributed by atoms with Gasteiger partial charge in [-0.15, -0.1) is 12.4 Å². The molecule has 0 unspecified atom stereocenters. The second-order valence-corrected chi connectivity index (χ2v) is 2.42. The number of hydrogen-bond donors (Lipinski definition) is 1. The second kappa shape index (κ2) is 5.24. The van der Waals surface area contributed by atoms with Crippen LogP contribution in [-0.2, 0) is 4.79 Å². The van der Waals surface area contributed by atoms with Gasteiger partial charge < -0.3 is 9.84 Å². The number of aromatic carboxylic acids is 1. The normalized spacial score (nSPS) is 8.64. The fourth-order valence-corrected chi connectivity index (χ4v) is 0.832. The third kappa shape index (κ3) is 3.45. The van der Waals surface area contributed by atoms with Crippen molar-refractivity contribution in [1.29, 1.82) is 0 Å². The second-order valence-electron chi connectivity index (χ2n) is 2.42. The largest absolute Gasteiger partial charge is 0.478 e. The highest BCUT2D eigenvalue weighted by Gasteiger charge is 2.02. The van der Waals surface area contributed by atoms with Crippen LogP contribution >= 0.6 is 12.4 Å². The van der Waals surface area contributed by atoms with E-state index in [2.05, 4.69) is 0 Å².